The lowest BCUT2D eigenvalue weighted by molar-refractivity contribution is -0.127. The minimum atomic E-state index is -3.31. The molecule has 5 rings (SSSR count). The maximum atomic E-state index is 15.6. The molecule has 43 heavy (non-hydrogen) atoms. The molecule has 0 atom stereocenters. The summed E-state index contributed by atoms with van der Waals surface area (Å²) in [7, 11) is 5.76. The summed E-state index contributed by atoms with van der Waals surface area (Å²) < 4.78 is 33.0. The van der Waals surface area contributed by atoms with Crippen molar-refractivity contribution in [3.63, 3.8) is 0 Å². The number of fused-ring (bicyclic) bond motifs is 1. The number of rotatable bonds is 5. The summed E-state index contributed by atoms with van der Waals surface area (Å²) >= 11 is 0. The van der Waals surface area contributed by atoms with Crippen LogP contribution in [0.15, 0.2) is 72.9 Å². The molecule has 3 aromatic rings. The number of anilines is 2. The summed E-state index contributed by atoms with van der Waals surface area (Å²) in [5.41, 5.74) is 1.39. The quantitative estimate of drug-likeness (QED) is 0.396. The molecule has 0 bridgehead atoms. The molecule has 11 heteroatoms. The molecule has 1 fully saturated rings. The van der Waals surface area contributed by atoms with Gasteiger partial charge in [-0.25, -0.2) is 8.78 Å². The van der Waals surface area contributed by atoms with Crippen LogP contribution in [0, 0.1) is 0 Å². The number of piperidine rings is 1. The number of amides is 3. The van der Waals surface area contributed by atoms with E-state index in [0.29, 0.717) is 36.2 Å². The van der Waals surface area contributed by atoms with Gasteiger partial charge in [0.15, 0.2) is 0 Å². The minimum absolute atomic E-state index is 0. The second kappa shape index (κ2) is 13.1. The molecule has 228 valence electrons. The number of benzene rings is 2. The molecule has 8 nitrogen and oxygen atoms in total. The van der Waals surface area contributed by atoms with Crippen molar-refractivity contribution in [2.24, 2.45) is 7.05 Å². The number of allylic oxidation sites excluding steroid dienone is 1. The fourth-order valence-corrected chi connectivity index (χ4v) is 5.60. The Morgan fingerprint density at radius 2 is 1.63 bits per heavy atom. The van der Waals surface area contributed by atoms with Gasteiger partial charge in [-0.05, 0) is 69.4 Å². The molecular formula is C32H36ClF2N5O3. The first-order chi connectivity index (χ1) is 20.0. The Hall–Kier alpha value is -4.02. The predicted molar refractivity (Wildman–Crippen MR) is 166 cm³/mol. The van der Waals surface area contributed by atoms with Gasteiger partial charge in [0.25, 0.3) is 17.7 Å². The average molecular weight is 612 g/mol. The van der Waals surface area contributed by atoms with Gasteiger partial charge in [0.05, 0.1) is 5.69 Å². The smallest absolute Gasteiger partial charge is 0.275 e. The van der Waals surface area contributed by atoms with E-state index >= 15 is 8.78 Å². The van der Waals surface area contributed by atoms with Crippen molar-refractivity contribution >= 4 is 47.1 Å². The maximum absolute atomic E-state index is 15.6. The van der Waals surface area contributed by atoms with E-state index < -0.39 is 24.2 Å². The third-order valence-corrected chi connectivity index (χ3v) is 8.11. The first-order valence-electron chi connectivity index (χ1n) is 14.0. The number of aromatic nitrogens is 1. The van der Waals surface area contributed by atoms with Crippen molar-refractivity contribution in [1.29, 1.82) is 0 Å². The minimum Gasteiger partial charge on any atom is -0.347 e. The van der Waals surface area contributed by atoms with Gasteiger partial charge in [-0.2, -0.15) is 0 Å². The number of hydrogen-bond acceptors (Lipinski definition) is 4. The zero-order chi connectivity index (χ0) is 30.0. The molecule has 3 amide bonds. The Balaban J connectivity index is 0.00000423. The number of halogens is 3. The highest BCUT2D eigenvalue weighted by atomic mass is 35.5. The standard InChI is InChI=1S/C32H35F2N5O3.ClH/c1-36(2)24-14-18-38(19-15-24)29(40)21-26-25-7-4-5-8-27(25)39(20-16-32(26,33)34)31(42)22-10-12-23(13-11-22)35-30(41)28-9-6-17-37(28)3;/h4-13,17,21,24H,14-16,18-20H2,1-3H3,(H,35,41);1H/b26-21-;. The maximum Gasteiger partial charge on any atom is 0.275 e. The summed E-state index contributed by atoms with van der Waals surface area (Å²) in [5, 5.41) is 2.80. The SMILES string of the molecule is CN(C)C1CCN(C(=O)/C=C2/c3ccccc3N(C(=O)c3ccc(NC(=O)c4cccn4C)cc3)CCC2(F)F)CC1.Cl. The molecule has 1 saturated heterocycles. The summed E-state index contributed by atoms with van der Waals surface area (Å²) in [4.78, 5) is 44.4. The number of alkyl halides is 2. The van der Waals surface area contributed by atoms with Crippen LogP contribution in [0.1, 0.15) is 45.7 Å². The van der Waals surface area contributed by atoms with Gasteiger partial charge in [0.2, 0.25) is 5.91 Å². The van der Waals surface area contributed by atoms with Crippen LogP contribution in [-0.4, -0.2) is 77.8 Å². The second-order valence-corrected chi connectivity index (χ2v) is 11.0. The Kier molecular flexibility index (Phi) is 9.72. The van der Waals surface area contributed by atoms with E-state index in [1.807, 2.05) is 14.1 Å². The first kappa shape index (κ1) is 31.9. The van der Waals surface area contributed by atoms with Gasteiger partial charge >= 0.3 is 0 Å². The molecule has 2 aromatic carbocycles. The van der Waals surface area contributed by atoms with Gasteiger partial charge < -0.3 is 24.6 Å². The number of likely N-dealkylation sites (tertiary alicyclic amines) is 1. The van der Waals surface area contributed by atoms with Crippen molar-refractivity contribution in [3.05, 3.63) is 89.8 Å². The molecule has 2 aliphatic rings. The van der Waals surface area contributed by atoms with Gasteiger partial charge in [-0.15, -0.1) is 12.4 Å². The lowest BCUT2D eigenvalue weighted by Crippen LogP contribution is -2.44. The van der Waals surface area contributed by atoms with Crippen LogP contribution in [0.3, 0.4) is 0 Å². The largest absolute Gasteiger partial charge is 0.347 e. The molecule has 0 aliphatic carbocycles. The Labute approximate surface area is 256 Å². The molecule has 0 saturated carbocycles. The Bertz CT molecular complexity index is 1510. The highest BCUT2D eigenvalue weighted by Crippen LogP contribution is 2.43. The van der Waals surface area contributed by atoms with E-state index in [0.717, 1.165) is 18.9 Å². The van der Waals surface area contributed by atoms with Crippen molar-refractivity contribution in [2.45, 2.75) is 31.2 Å². The van der Waals surface area contributed by atoms with Crippen LogP contribution >= 0.6 is 12.4 Å². The lowest BCUT2D eigenvalue weighted by Gasteiger charge is -2.35. The number of nitrogens with zero attached hydrogens (tertiary/aromatic N) is 4. The van der Waals surface area contributed by atoms with E-state index in [9.17, 15) is 14.4 Å². The van der Waals surface area contributed by atoms with E-state index in [-0.39, 0.29) is 41.6 Å². The van der Waals surface area contributed by atoms with Crippen molar-refractivity contribution < 1.29 is 23.2 Å². The van der Waals surface area contributed by atoms with Crippen LogP contribution in [0.5, 0.6) is 0 Å². The number of aryl methyl sites for hydroxylation is 1. The predicted octanol–water partition coefficient (Wildman–Crippen LogP) is 5.32. The van der Waals surface area contributed by atoms with Gasteiger partial charge in [-0.3, -0.25) is 14.4 Å². The topological polar surface area (TPSA) is 77.9 Å². The number of para-hydroxylation sites is 1. The van der Waals surface area contributed by atoms with Crippen molar-refractivity contribution in [1.82, 2.24) is 14.4 Å². The number of nitrogens with one attached hydrogen (secondary N) is 1. The fraction of sp³-hybridized carbons (Fsp3) is 0.344. The van der Waals surface area contributed by atoms with Crippen LogP contribution in [0.25, 0.3) is 5.57 Å². The highest BCUT2D eigenvalue weighted by Gasteiger charge is 2.42. The molecule has 1 N–H and O–H groups in total. The molecule has 1 aromatic heterocycles. The summed E-state index contributed by atoms with van der Waals surface area (Å²) in [6, 6.07) is 16.6. The third kappa shape index (κ3) is 6.81. The molecule has 2 aliphatic heterocycles. The summed E-state index contributed by atoms with van der Waals surface area (Å²) in [5.74, 6) is -4.49. The average Bonchev–Trinajstić information content (AvgIpc) is 3.38. The third-order valence-electron chi connectivity index (χ3n) is 8.11. The lowest BCUT2D eigenvalue weighted by atomic mass is 9.96. The van der Waals surface area contributed by atoms with Crippen molar-refractivity contribution in [3.8, 4) is 0 Å². The van der Waals surface area contributed by atoms with Crippen LogP contribution in [0.4, 0.5) is 20.2 Å². The number of hydrogen-bond donors (Lipinski definition) is 1. The normalized spacial score (nSPS) is 17.7. The fourth-order valence-electron chi connectivity index (χ4n) is 5.60. The van der Waals surface area contributed by atoms with Crippen LogP contribution in [0.2, 0.25) is 0 Å². The van der Waals surface area contributed by atoms with E-state index in [1.54, 1.807) is 77.3 Å². The summed E-state index contributed by atoms with van der Waals surface area (Å²) in [6.07, 6.45) is 3.77. The van der Waals surface area contributed by atoms with E-state index in [1.165, 1.54) is 11.0 Å². The monoisotopic (exact) mass is 611 g/mol. The molecule has 3 heterocycles. The molecule has 0 radical (unpaired) electrons. The molecule has 0 spiro atoms. The van der Waals surface area contributed by atoms with Crippen LogP contribution < -0.4 is 10.2 Å². The van der Waals surface area contributed by atoms with Gasteiger partial charge in [0.1, 0.15) is 5.69 Å². The van der Waals surface area contributed by atoms with E-state index in [4.69, 9.17) is 0 Å². The zero-order valence-electron chi connectivity index (χ0n) is 24.4. The Morgan fingerprint density at radius 3 is 2.26 bits per heavy atom. The molecule has 0 unspecified atom stereocenters. The number of carbonyl (C=O) groups is 3. The molecular weight excluding hydrogens is 576 g/mol. The van der Waals surface area contributed by atoms with Gasteiger partial charge in [-0.1, -0.05) is 18.2 Å². The number of carbonyl (C=O) groups excluding carboxylic acids is 3. The van der Waals surface area contributed by atoms with Crippen LogP contribution in [-0.2, 0) is 11.8 Å². The zero-order valence-corrected chi connectivity index (χ0v) is 25.2. The van der Waals surface area contributed by atoms with Crippen molar-refractivity contribution in [2.75, 3.05) is 43.9 Å². The second-order valence-electron chi connectivity index (χ2n) is 11.0. The summed E-state index contributed by atoms with van der Waals surface area (Å²) in [6.45, 7) is 0.782. The first-order valence-corrected chi connectivity index (χ1v) is 14.0. The van der Waals surface area contributed by atoms with E-state index in [2.05, 4.69) is 10.2 Å². The highest BCUT2D eigenvalue weighted by molar-refractivity contribution is 6.09. The van der Waals surface area contributed by atoms with Gasteiger partial charge in [0, 0.05) is 73.8 Å². The Morgan fingerprint density at radius 1 is 0.953 bits per heavy atom.